The van der Waals surface area contributed by atoms with Gasteiger partial charge in [-0.05, 0) is 31.0 Å². The van der Waals surface area contributed by atoms with E-state index in [1.54, 1.807) is 17.0 Å². The summed E-state index contributed by atoms with van der Waals surface area (Å²) in [6.07, 6.45) is 1.95. The van der Waals surface area contributed by atoms with E-state index in [9.17, 15) is 14.4 Å². The monoisotopic (exact) mass is 360 g/mol. The number of halogens is 1. The molecule has 2 fully saturated rings. The summed E-state index contributed by atoms with van der Waals surface area (Å²) >= 11 is 5.89. The maximum absolute atomic E-state index is 12.6. The fraction of sp³-hybridized carbons (Fsp3) is 0.389. The standard InChI is InChI=1S/C18H17ClN2O4/c19-12-3-4-15-13(9-12)14(22)10-16(25-15)18(24)21-7-5-20(6-8-21)17(23)11-1-2-11/h3-4,9-11H,1-2,5-8H2. The first-order valence-electron chi connectivity index (χ1n) is 8.34. The van der Waals surface area contributed by atoms with Gasteiger partial charge in [0.2, 0.25) is 5.91 Å². The predicted octanol–water partition coefficient (Wildman–Crippen LogP) is 2.14. The molecule has 2 aliphatic rings. The van der Waals surface area contributed by atoms with Crippen LogP contribution >= 0.6 is 11.6 Å². The van der Waals surface area contributed by atoms with Crippen molar-refractivity contribution < 1.29 is 14.0 Å². The van der Waals surface area contributed by atoms with Crippen LogP contribution in [0.25, 0.3) is 11.0 Å². The number of carbonyl (C=O) groups is 2. The van der Waals surface area contributed by atoms with Gasteiger partial charge in [-0.3, -0.25) is 14.4 Å². The van der Waals surface area contributed by atoms with Crippen molar-refractivity contribution in [1.29, 1.82) is 0 Å². The molecule has 2 amide bonds. The highest BCUT2D eigenvalue weighted by Crippen LogP contribution is 2.31. The minimum atomic E-state index is -0.326. The van der Waals surface area contributed by atoms with Gasteiger partial charge in [-0.25, -0.2) is 0 Å². The van der Waals surface area contributed by atoms with Crippen molar-refractivity contribution in [1.82, 2.24) is 9.80 Å². The van der Waals surface area contributed by atoms with Gasteiger partial charge in [0, 0.05) is 43.2 Å². The van der Waals surface area contributed by atoms with Crippen LogP contribution < -0.4 is 5.43 Å². The van der Waals surface area contributed by atoms with Crippen LogP contribution in [0.15, 0.2) is 33.5 Å². The van der Waals surface area contributed by atoms with Crippen molar-refractivity contribution in [2.75, 3.05) is 26.2 Å². The van der Waals surface area contributed by atoms with E-state index in [1.165, 1.54) is 12.1 Å². The Balaban J connectivity index is 1.51. The zero-order valence-electron chi connectivity index (χ0n) is 13.5. The summed E-state index contributed by atoms with van der Waals surface area (Å²) in [4.78, 5) is 40.4. The lowest BCUT2D eigenvalue weighted by atomic mass is 10.2. The average Bonchev–Trinajstić information content (AvgIpc) is 3.46. The van der Waals surface area contributed by atoms with E-state index < -0.39 is 0 Å². The van der Waals surface area contributed by atoms with Gasteiger partial charge in [0.1, 0.15) is 5.58 Å². The Morgan fingerprint density at radius 2 is 1.72 bits per heavy atom. The van der Waals surface area contributed by atoms with Crippen molar-refractivity contribution in [3.63, 3.8) is 0 Å². The maximum Gasteiger partial charge on any atom is 0.289 e. The molecule has 2 aromatic rings. The molecule has 25 heavy (non-hydrogen) atoms. The Hall–Kier alpha value is -2.34. The number of hydrogen-bond donors (Lipinski definition) is 0. The number of hydrogen-bond acceptors (Lipinski definition) is 4. The largest absolute Gasteiger partial charge is 0.451 e. The quantitative estimate of drug-likeness (QED) is 0.822. The molecule has 1 aromatic heterocycles. The van der Waals surface area contributed by atoms with Gasteiger partial charge in [-0.2, -0.15) is 0 Å². The molecule has 1 aromatic carbocycles. The summed E-state index contributed by atoms with van der Waals surface area (Å²) in [6, 6.07) is 5.94. The molecule has 2 heterocycles. The first-order chi connectivity index (χ1) is 12.0. The summed E-state index contributed by atoms with van der Waals surface area (Å²) in [5.74, 6) is 0.0723. The van der Waals surface area contributed by atoms with Crippen LogP contribution in [0.5, 0.6) is 0 Å². The Morgan fingerprint density at radius 1 is 1.04 bits per heavy atom. The zero-order valence-corrected chi connectivity index (χ0v) is 14.3. The van der Waals surface area contributed by atoms with E-state index in [2.05, 4.69) is 0 Å². The molecule has 1 aliphatic heterocycles. The SMILES string of the molecule is O=C(c1cc(=O)c2cc(Cl)ccc2o1)N1CCN(C(=O)C2CC2)CC1. The van der Waals surface area contributed by atoms with Crippen molar-refractivity contribution in [2.45, 2.75) is 12.8 Å². The maximum atomic E-state index is 12.6. The average molecular weight is 361 g/mol. The second-order valence-corrected chi connectivity index (χ2v) is 6.94. The third-order valence-corrected chi connectivity index (χ3v) is 4.94. The molecular weight excluding hydrogens is 344 g/mol. The van der Waals surface area contributed by atoms with Crippen LogP contribution in [0, 0.1) is 5.92 Å². The highest BCUT2D eigenvalue weighted by Gasteiger charge is 2.35. The number of amides is 2. The van der Waals surface area contributed by atoms with E-state index in [0.29, 0.717) is 42.2 Å². The molecule has 6 nitrogen and oxygen atoms in total. The third-order valence-electron chi connectivity index (χ3n) is 4.71. The molecule has 0 bridgehead atoms. The minimum Gasteiger partial charge on any atom is -0.451 e. The molecule has 4 rings (SSSR count). The molecule has 0 unspecified atom stereocenters. The van der Waals surface area contributed by atoms with E-state index >= 15 is 0 Å². The smallest absolute Gasteiger partial charge is 0.289 e. The number of carbonyl (C=O) groups excluding carboxylic acids is 2. The first-order valence-corrected chi connectivity index (χ1v) is 8.72. The van der Waals surface area contributed by atoms with Gasteiger partial charge < -0.3 is 14.2 Å². The Kier molecular flexibility index (Phi) is 4.00. The minimum absolute atomic E-state index is 0.0155. The van der Waals surface area contributed by atoms with Crippen LogP contribution in [0.3, 0.4) is 0 Å². The highest BCUT2D eigenvalue weighted by atomic mass is 35.5. The third kappa shape index (κ3) is 3.14. The first kappa shape index (κ1) is 16.1. The van der Waals surface area contributed by atoms with Crippen molar-refractivity contribution >= 4 is 34.4 Å². The molecule has 1 aliphatic carbocycles. The molecule has 0 spiro atoms. The Labute approximate surface area is 148 Å². The predicted molar refractivity (Wildman–Crippen MR) is 92.7 cm³/mol. The fourth-order valence-corrected chi connectivity index (χ4v) is 3.28. The van der Waals surface area contributed by atoms with Gasteiger partial charge in [-0.1, -0.05) is 11.6 Å². The van der Waals surface area contributed by atoms with Crippen molar-refractivity contribution in [3.8, 4) is 0 Å². The van der Waals surface area contributed by atoms with Crippen LogP contribution in [0.4, 0.5) is 0 Å². The van der Waals surface area contributed by atoms with E-state index in [-0.39, 0.29) is 28.9 Å². The molecule has 130 valence electrons. The topological polar surface area (TPSA) is 70.8 Å². The van der Waals surface area contributed by atoms with E-state index in [1.807, 2.05) is 4.90 Å². The Bertz CT molecular complexity index is 911. The number of nitrogens with zero attached hydrogens (tertiary/aromatic N) is 2. The normalized spacial score (nSPS) is 17.8. The van der Waals surface area contributed by atoms with Gasteiger partial charge in [0.15, 0.2) is 11.2 Å². The molecule has 7 heteroatoms. The lowest BCUT2D eigenvalue weighted by molar-refractivity contribution is -0.134. The van der Waals surface area contributed by atoms with Gasteiger partial charge in [-0.15, -0.1) is 0 Å². The summed E-state index contributed by atoms with van der Waals surface area (Å²) in [7, 11) is 0. The lowest BCUT2D eigenvalue weighted by Crippen LogP contribution is -2.51. The number of rotatable bonds is 2. The molecular formula is C18H17ClN2O4. The number of fused-ring (bicyclic) bond motifs is 1. The van der Waals surface area contributed by atoms with Crippen LogP contribution in [-0.2, 0) is 4.79 Å². The molecule has 0 radical (unpaired) electrons. The fourth-order valence-electron chi connectivity index (χ4n) is 3.11. The highest BCUT2D eigenvalue weighted by molar-refractivity contribution is 6.31. The van der Waals surface area contributed by atoms with Gasteiger partial charge in [0.25, 0.3) is 5.91 Å². The summed E-state index contributed by atoms with van der Waals surface area (Å²) in [5.41, 5.74) is 0.0393. The molecule has 1 saturated carbocycles. The Morgan fingerprint density at radius 3 is 2.40 bits per heavy atom. The second kappa shape index (κ2) is 6.19. The van der Waals surface area contributed by atoms with Crippen molar-refractivity contribution in [2.24, 2.45) is 5.92 Å². The summed E-state index contributed by atoms with van der Waals surface area (Å²) in [5, 5.41) is 0.791. The van der Waals surface area contributed by atoms with Gasteiger partial charge in [0.05, 0.1) is 5.39 Å². The molecule has 0 atom stereocenters. The number of piperazine rings is 1. The van der Waals surface area contributed by atoms with Crippen LogP contribution in [0.1, 0.15) is 23.4 Å². The summed E-state index contributed by atoms with van der Waals surface area (Å²) < 4.78 is 5.60. The molecule has 1 saturated heterocycles. The van der Waals surface area contributed by atoms with Crippen molar-refractivity contribution in [3.05, 3.63) is 45.3 Å². The lowest BCUT2D eigenvalue weighted by Gasteiger charge is -2.34. The zero-order chi connectivity index (χ0) is 17.6. The van der Waals surface area contributed by atoms with E-state index in [4.69, 9.17) is 16.0 Å². The van der Waals surface area contributed by atoms with Crippen LogP contribution in [-0.4, -0.2) is 47.8 Å². The van der Waals surface area contributed by atoms with E-state index in [0.717, 1.165) is 12.8 Å². The van der Waals surface area contributed by atoms with Crippen LogP contribution in [0.2, 0.25) is 5.02 Å². The second-order valence-electron chi connectivity index (χ2n) is 6.51. The summed E-state index contributed by atoms with van der Waals surface area (Å²) in [6.45, 7) is 1.93. The van der Waals surface area contributed by atoms with Gasteiger partial charge >= 0.3 is 0 Å². The molecule has 0 N–H and O–H groups in total. The number of benzene rings is 1.